The molecule has 2 aromatic rings. The van der Waals surface area contributed by atoms with E-state index >= 15 is 0 Å². The summed E-state index contributed by atoms with van der Waals surface area (Å²) >= 11 is 0. The second-order valence-corrected chi connectivity index (χ2v) is 6.20. The van der Waals surface area contributed by atoms with Crippen LogP contribution in [0.5, 0.6) is 0 Å². The van der Waals surface area contributed by atoms with Gasteiger partial charge in [0.05, 0.1) is 6.54 Å². The molecule has 27 heavy (non-hydrogen) atoms. The third kappa shape index (κ3) is 8.90. The smallest absolute Gasteiger partial charge is 0.239 e. The Bertz CT molecular complexity index is 692. The Morgan fingerprint density at radius 3 is 2.22 bits per heavy atom. The number of carbonyl (C=O) groups is 1. The molecule has 0 heterocycles. The number of hydrogen-bond donors (Lipinski definition) is 3. The standard InChI is InChI=1S/C21H28N4O.HI/c1-17(19-11-7-4-8-12-19)15-24-21(22-2)25-16-20(26)23-14-13-18-9-5-3-6-10-18;/h3-12,17H,13-16H2,1-2H3,(H,23,26)(H2,22,24,25);1H. The lowest BCUT2D eigenvalue weighted by Crippen LogP contribution is -2.44. The van der Waals surface area contributed by atoms with E-state index in [9.17, 15) is 4.79 Å². The summed E-state index contributed by atoms with van der Waals surface area (Å²) in [6.45, 7) is 3.74. The van der Waals surface area contributed by atoms with Gasteiger partial charge >= 0.3 is 0 Å². The fraction of sp³-hybridized carbons (Fsp3) is 0.333. The fourth-order valence-corrected chi connectivity index (χ4v) is 2.59. The minimum absolute atomic E-state index is 0. The first-order valence-electron chi connectivity index (χ1n) is 8.99. The van der Waals surface area contributed by atoms with Gasteiger partial charge in [0.2, 0.25) is 5.91 Å². The lowest BCUT2D eigenvalue weighted by atomic mass is 10.0. The molecule has 1 atom stereocenters. The van der Waals surface area contributed by atoms with Crippen molar-refractivity contribution < 1.29 is 4.79 Å². The van der Waals surface area contributed by atoms with E-state index in [-0.39, 0.29) is 36.4 Å². The van der Waals surface area contributed by atoms with Gasteiger partial charge < -0.3 is 16.0 Å². The predicted molar refractivity (Wildman–Crippen MR) is 123 cm³/mol. The van der Waals surface area contributed by atoms with Crippen molar-refractivity contribution in [2.45, 2.75) is 19.3 Å². The normalized spacial score (nSPS) is 11.9. The molecule has 146 valence electrons. The van der Waals surface area contributed by atoms with Gasteiger partial charge in [-0.05, 0) is 23.5 Å². The number of nitrogens with zero attached hydrogens (tertiary/aromatic N) is 1. The van der Waals surface area contributed by atoms with Crippen LogP contribution in [-0.2, 0) is 11.2 Å². The highest BCUT2D eigenvalue weighted by atomic mass is 127. The molecule has 5 nitrogen and oxygen atoms in total. The van der Waals surface area contributed by atoms with Gasteiger partial charge in [-0.1, -0.05) is 67.6 Å². The molecular formula is C21H29IN4O. The van der Waals surface area contributed by atoms with Crippen LogP contribution in [0.4, 0.5) is 0 Å². The maximum atomic E-state index is 12.0. The first-order chi connectivity index (χ1) is 12.7. The van der Waals surface area contributed by atoms with Crippen LogP contribution >= 0.6 is 24.0 Å². The Kier molecular flexibility index (Phi) is 11.2. The van der Waals surface area contributed by atoms with Crippen molar-refractivity contribution in [2.24, 2.45) is 4.99 Å². The van der Waals surface area contributed by atoms with Crippen molar-refractivity contribution in [2.75, 3.05) is 26.7 Å². The zero-order valence-electron chi connectivity index (χ0n) is 15.9. The van der Waals surface area contributed by atoms with Crippen molar-refractivity contribution in [1.29, 1.82) is 0 Å². The molecule has 0 aliphatic heterocycles. The van der Waals surface area contributed by atoms with Gasteiger partial charge in [-0.15, -0.1) is 24.0 Å². The van der Waals surface area contributed by atoms with Crippen LogP contribution in [0.1, 0.15) is 24.0 Å². The second-order valence-electron chi connectivity index (χ2n) is 6.20. The number of nitrogens with one attached hydrogen (secondary N) is 3. The largest absolute Gasteiger partial charge is 0.356 e. The Balaban J connectivity index is 0.00000364. The van der Waals surface area contributed by atoms with Gasteiger partial charge in [-0.25, -0.2) is 0 Å². The van der Waals surface area contributed by atoms with Crippen molar-refractivity contribution in [3.8, 4) is 0 Å². The van der Waals surface area contributed by atoms with Crippen LogP contribution < -0.4 is 16.0 Å². The SMILES string of the molecule is CN=C(NCC(=O)NCCc1ccccc1)NCC(C)c1ccccc1.I. The van der Waals surface area contributed by atoms with E-state index in [4.69, 9.17) is 0 Å². The van der Waals surface area contributed by atoms with Crippen LogP contribution in [-0.4, -0.2) is 38.5 Å². The van der Waals surface area contributed by atoms with Crippen LogP contribution in [0.3, 0.4) is 0 Å². The summed E-state index contributed by atoms with van der Waals surface area (Å²) in [5.74, 6) is 0.945. The van der Waals surface area contributed by atoms with Crippen molar-refractivity contribution in [3.05, 3.63) is 71.8 Å². The summed E-state index contributed by atoms with van der Waals surface area (Å²) in [5.41, 5.74) is 2.49. The van der Waals surface area contributed by atoms with Crippen LogP contribution in [0.25, 0.3) is 0 Å². The molecule has 2 rings (SSSR count). The van der Waals surface area contributed by atoms with Gasteiger partial charge in [0.15, 0.2) is 5.96 Å². The van der Waals surface area contributed by atoms with Crippen LogP contribution in [0.2, 0.25) is 0 Å². The number of hydrogen-bond acceptors (Lipinski definition) is 2. The Hall–Kier alpha value is -2.09. The number of amides is 1. The molecule has 0 aliphatic rings. The molecule has 1 unspecified atom stereocenters. The summed E-state index contributed by atoms with van der Waals surface area (Å²) in [6, 6.07) is 20.4. The number of guanidine groups is 1. The summed E-state index contributed by atoms with van der Waals surface area (Å²) in [7, 11) is 1.70. The molecule has 3 N–H and O–H groups in total. The molecule has 0 aliphatic carbocycles. The minimum atomic E-state index is -0.0417. The second kappa shape index (κ2) is 13.1. The van der Waals surface area contributed by atoms with Gasteiger partial charge in [-0.3, -0.25) is 9.79 Å². The van der Waals surface area contributed by atoms with Gasteiger partial charge in [0, 0.05) is 20.1 Å². The summed E-state index contributed by atoms with van der Waals surface area (Å²) in [5, 5.41) is 9.23. The molecule has 0 spiro atoms. The third-order valence-corrected chi connectivity index (χ3v) is 4.16. The monoisotopic (exact) mass is 480 g/mol. The maximum absolute atomic E-state index is 12.0. The van der Waals surface area contributed by atoms with E-state index in [1.165, 1.54) is 11.1 Å². The highest BCUT2D eigenvalue weighted by Gasteiger charge is 2.07. The zero-order valence-corrected chi connectivity index (χ0v) is 18.3. The number of aliphatic imine (C=N–C) groups is 1. The quantitative estimate of drug-likeness (QED) is 0.309. The lowest BCUT2D eigenvalue weighted by molar-refractivity contribution is -0.119. The summed E-state index contributed by atoms with van der Waals surface area (Å²) in [6.07, 6.45) is 0.828. The molecule has 0 radical (unpaired) electrons. The van der Waals surface area contributed by atoms with E-state index in [0.717, 1.165) is 13.0 Å². The van der Waals surface area contributed by atoms with Crippen molar-refractivity contribution in [1.82, 2.24) is 16.0 Å². The van der Waals surface area contributed by atoms with E-state index in [0.29, 0.717) is 18.4 Å². The average molecular weight is 480 g/mol. The highest BCUT2D eigenvalue weighted by Crippen LogP contribution is 2.12. The number of carbonyl (C=O) groups excluding carboxylic acids is 1. The first kappa shape index (κ1) is 23.0. The van der Waals surface area contributed by atoms with E-state index in [1.54, 1.807) is 7.05 Å². The molecule has 2 aromatic carbocycles. The van der Waals surface area contributed by atoms with Crippen LogP contribution in [0.15, 0.2) is 65.7 Å². The Morgan fingerprint density at radius 1 is 0.963 bits per heavy atom. The minimum Gasteiger partial charge on any atom is -0.356 e. The van der Waals surface area contributed by atoms with Gasteiger partial charge in [0.1, 0.15) is 0 Å². The Morgan fingerprint density at radius 2 is 1.59 bits per heavy atom. The van der Waals surface area contributed by atoms with Crippen molar-refractivity contribution in [3.63, 3.8) is 0 Å². The average Bonchev–Trinajstić information content (AvgIpc) is 2.69. The predicted octanol–water partition coefficient (Wildman–Crippen LogP) is 2.93. The highest BCUT2D eigenvalue weighted by molar-refractivity contribution is 14.0. The van der Waals surface area contributed by atoms with Gasteiger partial charge in [-0.2, -0.15) is 0 Å². The number of rotatable bonds is 8. The lowest BCUT2D eigenvalue weighted by Gasteiger charge is -2.16. The Labute approximate surface area is 179 Å². The molecule has 0 bridgehead atoms. The molecule has 0 fully saturated rings. The first-order valence-corrected chi connectivity index (χ1v) is 8.99. The number of benzene rings is 2. The van der Waals surface area contributed by atoms with Crippen LogP contribution in [0, 0.1) is 0 Å². The van der Waals surface area contributed by atoms with E-state index in [2.05, 4.69) is 52.1 Å². The van der Waals surface area contributed by atoms with E-state index in [1.807, 2.05) is 36.4 Å². The molecule has 1 amide bonds. The maximum Gasteiger partial charge on any atom is 0.239 e. The summed E-state index contributed by atoms with van der Waals surface area (Å²) in [4.78, 5) is 16.1. The van der Waals surface area contributed by atoms with Gasteiger partial charge in [0.25, 0.3) is 0 Å². The van der Waals surface area contributed by atoms with Crippen molar-refractivity contribution >= 4 is 35.8 Å². The molecular weight excluding hydrogens is 451 g/mol. The number of halogens is 1. The zero-order chi connectivity index (χ0) is 18.6. The molecule has 0 saturated carbocycles. The molecule has 0 saturated heterocycles. The topological polar surface area (TPSA) is 65.5 Å². The van der Waals surface area contributed by atoms with E-state index < -0.39 is 0 Å². The molecule has 0 aromatic heterocycles. The third-order valence-electron chi connectivity index (χ3n) is 4.16. The molecule has 6 heteroatoms. The summed E-state index contributed by atoms with van der Waals surface area (Å²) < 4.78 is 0. The fourth-order valence-electron chi connectivity index (χ4n) is 2.59.